The van der Waals surface area contributed by atoms with Gasteiger partial charge >= 0.3 is 0 Å². The summed E-state index contributed by atoms with van der Waals surface area (Å²) in [5.74, 6) is -0.983. The first-order chi connectivity index (χ1) is 16.5. The smallest absolute Gasteiger partial charge is 0.242 e. The fraction of sp³-hybridized carbons (Fsp3) is 0.310. The summed E-state index contributed by atoms with van der Waals surface area (Å²) in [4.78, 5) is 28.1. The van der Waals surface area contributed by atoms with Gasteiger partial charge in [-0.1, -0.05) is 92.2 Å². The van der Waals surface area contributed by atoms with Crippen molar-refractivity contribution in [2.45, 2.75) is 51.6 Å². The van der Waals surface area contributed by atoms with Crippen LogP contribution in [0, 0.1) is 5.82 Å². The van der Waals surface area contributed by atoms with Gasteiger partial charge in [-0.15, -0.1) is 0 Å². The lowest BCUT2D eigenvalue weighted by molar-refractivity contribution is -0.140. The van der Waals surface area contributed by atoms with Gasteiger partial charge in [-0.3, -0.25) is 9.59 Å². The van der Waals surface area contributed by atoms with Crippen LogP contribution in [-0.2, 0) is 16.1 Å². The molecule has 0 bridgehead atoms. The lowest BCUT2D eigenvalue weighted by atomic mass is 9.88. The maximum atomic E-state index is 14.5. The molecule has 178 valence electrons. The highest BCUT2D eigenvalue weighted by molar-refractivity contribution is 5.87. The molecule has 3 aromatic rings. The molecule has 0 saturated carbocycles. The van der Waals surface area contributed by atoms with E-state index in [9.17, 15) is 14.0 Å². The summed E-state index contributed by atoms with van der Waals surface area (Å²) >= 11 is 0. The quantitative estimate of drug-likeness (QED) is 0.374. The van der Waals surface area contributed by atoms with E-state index in [1.54, 1.807) is 25.1 Å². The minimum atomic E-state index is -0.726. The standard InChI is InChI=1S/C29H33FN2O2/c1-3-4-19-31-29(34)22(2)32(21-25-17-11-12-18-27(25)30)28(33)20-26(23-13-7-5-8-14-23)24-15-9-6-10-16-24/h5-18,22,26H,3-4,19-21H2,1-2H3,(H,31,34)/t22-/m1/s1. The SMILES string of the molecule is CCCCNC(=O)[C@@H](C)N(Cc1ccccc1F)C(=O)CC(c1ccccc1)c1ccccc1. The van der Waals surface area contributed by atoms with Crippen molar-refractivity contribution in [2.24, 2.45) is 0 Å². The van der Waals surface area contributed by atoms with Crippen molar-refractivity contribution in [3.8, 4) is 0 Å². The number of nitrogens with zero attached hydrogens (tertiary/aromatic N) is 1. The summed E-state index contributed by atoms with van der Waals surface area (Å²) in [7, 11) is 0. The van der Waals surface area contributed by atoms with Gasteiger partial charge in [-0.25, -0.2) is 4.39 Å². The Kier molecular flexibility index (Phi) is 9.39. The Morgan fingerprint density at radius 3 is 2.00 bits per heavy atom. The molecule has 0 heterocycles. The van der Waals surface area contributed by atoms with Crippen molar-refractivity contribution < 1.29 is 14.0 Å². The van der Waals surface area contributed by atoms with Gasteiger partial charge in [0.1, 0.15) is 11.9 Å². The number of nitrogens with one attached hydrogen (secondary N) is 1. The van der Waals surface area contributed by atoms with E-state index in [4.69, 9.17) is 0 Å². The molecule has 0 unspecified atom stereocenters. The minimum Gasteiger partial charge on any atom is -0.354 e. The fourth-order valence-corrected chi connectivity index (χ4v) is 4.02. The summed E-state index contributed by atoms with van der Waals surface area (Å²) in [5.41, 5.74) is 2.43. The molecular formula is C29H33FN2O2. The maximum Gasteiger partial charge on any atom is 0.242 e. The van der Waals surface area contributed by atoms with E-state index >= 15 is 0 Å². The first-order valence-corrected chi connectivity index (χ1v) is 11.9. The second kappa shape index (κ2) is 12.7. The molecule has 5 heteroatoms. The number of halogens is 1. The van der Waals surface area contributed by atoms with Crippen LogP contribution in [0.25, 0.3) is 0 Å². The van der Waals surface area contributed by atoms with Gasteiger partial charge in [-0.05, 0) is 30.5 Å². The van der Waals surface area contributed by atoms with Crippen LogP contribution in [0.4, 0.5) is 4.39 Å². The Morgan fingerprint density at radius 2 is 1.44 bits per heavy atom. The van der Waals surface area contributed by atoms with Gasteiger partial charge in [0.25, 0.3) is 0 Å². The molecule has 3 rings (SSSR count). The van der Waals surface area contributed by atoms with Crippen molar-refractivity contribution in [3.05, 3.63) is 107 Å². The summed E-state index contributed by atoms with van der Waals surface area (Å²) in [6.07, 6.45) is 2.00. The van der Waals surface area contributed by atoms with Crippen LogP contribution in [0.2, 0.25) is 0 Å². The Morgan fingerprint density at radius 1 is 0.882 bits per heavy atom. The van der Waals surface area contributed by atoms with E-state index in [2.05, 4.69) is 12.2 Å². The van der Waals surface area contributed by atoms with Gasteiger partial charge in [0.2, 0.25) is 11.8 Å². The molecule has 0 fully saturated rings. The van der Waals surface area contributed by atoms with Crippen molar-refractivity contribution in [1.29, 1.82) is 0 Å². The number of hydrogen-bond donors (Lipinski definition) is 1. The van der Waals surface area contributed by atoms with Crippen molar-refractivity contribution in [2.75, 3.05) is 6.54 Å². The molecule has 0 radical (unpaired) electrons. The van der Waals surface area contributed by atoms with Gasteiger partial charge in [0, 0.05) is 31.0 Å². The minimum absolute atomic E-state index is 0.0319. The molecule has 4 nitrogen and oxygen atoms in total. The van der Waals surface area contributed by atoms with Crippen molar-refractivity contribution in [1.82, 2.24) is 10.2 Å². The van der Waals surface area contributed by atoms with Gasteiger partial charge < -0.3 is 10.2 Å². The molecule has 0 aliphatic carbocycles. The van der Waals surface area contributed by atoms with Crippen LogP contribution < -0.4 is 5.32 Å². The molecule has 0 aromatic heterocycles. The Bertz CT molecular complexity index is 1020. The lowest BCUT2D eigenvalue weighted by Gasteiger charge is -2.30. The molecule has 0 aliphatic rings. The number of carbonyl (C=O) groups excluding carboxylic acids is 2. The molecule has 3 aromatic carbocycles. The number of carbonyl (C=O) groups is 2. The molecule has 0 aliphatic heterocycles. The molecule has 0 spiro atoms. The molecule has 0 saturated heterocycles. The first-order valence-electron chi connectivity index (χ1n) is 11.9. The third-order valence-electron chi connectivity index (χ3n) is 6.08. The Balaban J connectivity index is 1.89. The summed E-state index contributed by atoms with van der Waals surface area (Å²) in [6, 6.07) is 25.4. The highest BCUT2D eigenvalue weighted by Crippen LogP contribution is 2.29. The summed E-state index contributed by atoms with van der Waals surface area (Å²) in [6.45, 7) is 4.35. The molecule has 34 heavy (non-hydrogen) atoms. The predicted molar refractivity (Wildman–Crippen MR) is 134 cm³/mol. The van der Waals surface area contributed by atoms with Gasteiger partial charge in [0.05, 0.1) is 0 Å². The van der Waals surface area contributed by atoms with Crippen LogP contribution in [0.5, 0.6) is 0 Å². The third kappa shape index (κ3) is 6.77. The Hall–Kier alpha value is -3.47. The molecule has 2 amide bonds. The van der Waals surface area contributed by atoms with Crippen LogP contribution in [0.1, 0.15) is 55.7 Å². The third-order valence-corrected chi connectivity index (χ3v) is 6.08. The average Bonchev–Trinajstić information content (AvgIpc) is 2.87. The second-order valence-corrected chi connectivity index (χ2v) is 8.51. The van der Waals surface area contributed by atoms with Crippen LogP contribution >= 0.6 is 0 Å². The van der Waals surface area contributed by atoms with Crippen molar-refractivity contribution in [3.63, 3.8) is 0 Å². The molecule has 1 atom stereocenters. The van der Waals surface area contributed by atoms with Crippen LogP contribution in [0.3, 0.4) is 0 Å². The number of rotatable bonds is 11. The van der Waals surface area contributed by atoms with Gasteiger partial charge in [0.15, 0.2) is 0 Å². The summed E-state index contributed by atoms with van der Waals surface area (Å²) < 4.78 is 14.5. The van der Waals surface area contributed by atoms with E-state index in [0.717, 1.165) is 24.0 Å². The molecular weight excluding hydrogens is 427 g/mol. The zero-order chi connectivity index (χ0) is 24.3. The monoisotopic (exact) mass is 460 g/mol. The maximum absolute atomic E-state index is 14.5. The van der Waals surface area contributed by atoms with Crippen molar-refractivity contribution >= 4 is 11.8 Å². The highest BCUT2D eigenvalue weighted by Gasteiger charge is 2.29. The van der Waals surface area contributed by atoms with Gasteiger partial charge in [-0.2, -0.15) is 0 Å². The number of unbranched alkanes of at least 4 members (excludes halogenated alkanes) is 1. The van der Waals surface area contributed by atoms with Crippen LogP contribution in [-0.4, -0.2) is 29.3 Å². The molecule has 1 N–H and O–H groups in total. The largest absolute Gasteiger partial charge is 0.354 e. The number of hydrogen-bond acceptors (Lipinski definition) is 2. The first kappa shape index (κ1) is 25.2. The van der Waals surface area contributed by atoms with E-state index in [-0.39, 0.29) is 36.5 Å². The Labute approximate surface area is 201 Å². The second-order valence-electron chi connectivity index (χ2n) is 8.51. The number of amides is 2. The normalized spacial score (nSPS) is 11.8. The zero-order valence-corrected chi connectivity index (χ0v) is 19.9. The fourth-order valence-electron chi connectivity index (χ4n) is 4.02. The average molecular weight is 461 g/mol. The van der Waals surface area contributed by atoms with E-state index in [1.807, 2.05) is 60.7 Å². The van der Waals surface area contributed by atoms with E-state index in [0.29, 0.717) is 12.1 Å². The summed E-state index contributed by atoms with van der Waals surface area (Å²) in [5, 5.41) is 2.91. The topological polar surface area (TPSA) is 49.4 Å². The number of benzene rings is 3. The zero-order valence-electron chi connectivity index (χ0n) is 19.9. The highest BCUT2D eigenvalue weighted by atomic mass is 19.1. The van der Waals surface area contributed by atoms with E-state index in [1.165, 1.54) is 11.0 Å². The predicted octanol–water partition coefficient (Wildman–Crippen LogP) is 5.68. The van der Waals surface area contributed by atoms with Crippen LogP contribution in [0.15, 0.2) is 84.9 Å². The van der Waals surface area contributed by atoms with E-state index < -0.39 is 6.04 Å². The lowest BCUT2D eigenvalue weighted by Crippen LogP contribution is -2.48.